The molecule has 98 valence electrons. The van der Waals surface area contributed by atoms with Crippen LogP contribution in [0.1, 0.15) is 23.7 Å². The van der Waals surface area contributed by atoms with Gasteiger partial charge in [0.1, 0.15) is 0 Å². The molecule has 0 spiro atoms. The number of amides is 1. The second-order valence-electron chi connectivity index (χ2n) is 4.46. The summed E-state index contributed by atoms with van der Waals surface area (Å²) < 4.78 is 7.37. The smallest absolute Gasteiger partial charge is 0.252 e. The standard InChI is InChI=1S/C13H15BrINO2/c1-8-9(4-5-18-8)7-16-13(17)11-6-10(14)2-3-12(11)15/h2-3,6,8-9H,4-5,7H2,1H3,(H,16,17). The summed E-state index contributed by atoms with van der Waals surface area (Å²) in [5, 5.41) is 2.99. The predicted octanol–water partition coefficient (Wildman–Crippen LogP) is 3.21. The number of halogens is 2. The fraction of sp³-hybridized carbons (Fsp3) is 0.462. The predicted molar refractivity (Wildman–Crippen MR) is 82.7 cm³/mol. The summed E-state index contributed by atoms with van der Waals surface area (Å²) in [5.41, 5.74) is 0.719. The normalized spacial score (nSPS) is 23.1. The van der Waals surface area contributed by atoms with Crippen molar-refractivity contribution >= 4 is 44.4 Å². The molecule has 1 aromatic carbocycles. The quantitative estimate of drug-likeness (QED) is 0.758. The van der Waals surface area contributed by atoms with E-state index in [0.29, 0.717) is 12.5 Å². The van der Waals surface area contributed by atoms with Crippen molar-refractivity contribution in [1.82, 2.24) is 5.32 Å². The van der Waals surface area contributed by atoms with E-state index in [4.69, 9.17) is 4.74 Å². The first-order valence-corrected chi connectivity index (χ1v) is 7.80. The number of carbonyl (C=O) groups is 1. The van der Waals surface area contributed by atoms with E-state index < -0.39 is 0 Å². The molecule has 1 aliphatic rings. The van der Waals surface area contributed by atoms with Gasteiger partial charge in [-0.15, -0.1) is 0 Å². The maximum atomic E-state index is 12.1. The van der Waals surface area contributed by atoms with Crippen molar-refractivity contribution < 1.29 is 9.53 Å². The summed E-state index contributed by atoms with van der Waals surface area (Å²) in [4.78, 5) is 12.1. The summed E-state index contributed by atoms with van der Waals surface area (Å²) in [6.45, 7) is 3.55. The van der Waals surface area contributed by atoms with Gasteiger partial charge in [-0.2, -0.15) is 0 Å². The molecular formula is C13H15BrINO2. The largest absolute Gasteiger partial charge is 0.378 e. The number of nitrogens with one attached hydrogen (secondary N) is 1. The first-order valence-electron chi connectivity index (χ1n) is 5.93. The lowest BCUT2D eigenvalue weighted by molar-refractivity contribution is 0.0906. The topological polar surface area (TPSA) is 38.3 Å². The Balaban J connectivity index is 1.97. The van der Waals surface area contributed by atoms with Gasteiger partial charge in [0.2, 0.25) is 0 Å². The number of rotatable bonds is 3. The number of benzene rings is 1. The first kappa shape index (κ1) is 14.3. The minimum absolute atomic E-state index is 0.0141. The highest BCUT2D eigenvalue weighted by Crippen LogP contribution is 2.21. The average Bonchev–Trinajstić information content (AvgIpc) is 2.75. The molecule has 0 aliphatic carbocycles. The van der Waals surface area contributed by atoms with Crippen LogP contribution in [-0.4, -0.2) is 25.2 Å². The molecule has 1 aromatic rings. The van der Waals surface area contributed by atoms with Gasteiger partial charge in [-0.25, -0.2) is 0 Å². The molecule has 2 atom stereocenters. The van der Waals surface area contributed by atoms with Crippen molar-refractivity contribution in [2.45, 2.75) is 19.4 Å². The van der Waals surface area contributed by atoms with Crippen LogP contribution in [0.2, 0.25) is 0 Å². The third-order valence-electron chi connectivity index (χ3n) is 3.23. The molecule has 2 rings (SSSR count). The van der Waals surface area contributed by atoms with E-state index in [1.807, 2.05) is 18.2 Å². The lowest BCUT2D eigenvalue weighted by Crippen LogP contribution is -2.32. The van der Waals surface area contributed by atoms with E-state index in [-0.39, 0.29) is 12.0 Å². The van der Waals surface area contributed by atoms with E-state index in [0.717, 1.165) is 26.6 Å². The third-order valence-corrected chi connectivity index (χ3v) is 4.67. The van der Waals surface area contributed by atoms with Crippen LogP contribution in [0.15, 0.2) is 22.7 Å². The van der Waals surface area contributed by atoms with Crippen LogP contribution in [0, 0.1) is 9.49 Å². The molecule has 0 radical (unpaired) electrons. The first-order chi connectivity index (χ1) is 8.58. The van der Waals surface area contributed by atoms with Gasteiger partial charge in [-0.05, 0) is 54.1 Å². The second kappa shape index (κ2) is 6.34. The van der Waals surface area contributed by atoms with Gasteiger partial charge in [0.15, 0.2) is 0 Å². The van der Waals surface area contributed by atoms with Gasteiger partial charge in [0.05, 0.1) is 11.7 Å². The lowest BCUT2D eigenvalue weighted by Gasteiger charge is -2.15. The Morgan fingerprint density at radius 3 is 3.06 bits per heavy atom. The summed E-state index contributed by atoms with van der Waals surface area (Å²) >= 11 is 5.57. The van der Waals surface area contributed by atoms with Crippen molar-refractivity contribution in [1.29, 1.82) is 0 Å². The van der Waals surface area contributed by atoms with E-state index in [1.165, 1.54) is 0 Å². The minimum atomic E-state index is -0.0141. The summed E-state index contributed by atoms with van der Waals surface area (Å²) in [6.07, 6.45) is 1.27. The fourth-order valence-electron chi connectivity index (χ4n) is 2.03. The number of carbonyl (C=O) groups excluding carboxylic acids is 1. The Hall–Kier alpha value is -0.140. The van der Waals surface area contributed by atoms with Crippen LogP contribution in [0.25, 0.3) is 0 Å². The van der Waals surface area contributed by atoms with Gasteiger partial charge in [0, 0.05) is 27.1 Å². The third kappa shape index (κ3) is 3.45. The molecule has 1 fully saturated rings. The van der Waals surface area contributed by atoms with Crippen molar-refractivity contribution in [2.75, 3.05) is 13.2 Å². The molecule has 0 aromatic heterocycles. The van der Waals surface area contributed by atoms with Crippen molar-refractivity contribution in [3.8, 4) is 0 Å². The Labute approximate surface area is 129 Å². The molecule has 0 bridgehead atoms. The Morgan fingerprint density at radius 1 is 1.61 bits per heavy atom. The molecule has 18 heavy (non-hydrogen) atoms. The van der Waals surface area contributed by atoms with Crippen LogP contribution in [0.4, 0.5) is 0 Å². The van der Waals surface area contributed by atoms with E-state index in [2.05, 4.69) is 50.8 Å². The molecule has 3 nitrogen and oxygen atoms in total. The fourth-order valence-corrected chi connectivity index (χ4v) is 2.98. The zero-order valence-corrected chi connectivity index (χ0v) is 13.8. The zero-order chi connectivity index (χ0) is 13.1. The number of ether oxygens (including phenoxy) is 1. The van der Waals surface area contributed by atoms with E-state index in [9.17, 15) is 4.79 Å². The van der Waals surface area contributed by atoms with Gasteiger partial charge in [0.25, 0.3) is 5.91 Å². The van der Waals surface area contributed by atoms with Crippen LogP contribution in [0.5, 0.6) is 0 Å². The maximum Gasteiger partial charge on any atom is 0.252 e. The van der Waals surface area contributed by atoms with Crippen LogP contribution >= 0.6 is 38.5 Å². The highest BCUT2D eigenvalue weighted by Gasteiger charge is 2.24. The number of hydrogen-bond donors (Lipinski definition) is 1. The molecule has 5 heteroatoms. The van der Waals surface area contributed by atoms with Gasteiger partial charge in [-0.1, -0.05) is 15.9 Å². The highest BCUT2D eigenvalue weighted by atomic mass is 127. The summed E-state index contributed by atoms with van der Waals surface area (Å²) in [5.74, 6) is 0.415. The molecule has 1 saturated heterocycles. The van der Waals surface area contributed by atoms with Gasteiger partial charge < -0.3 is 10.1 Å². The SMILES string of the molecule is CC1OCCC1CNC(=O)c1cc(Br)ccc1I. The minimum Gasteiger partial charge on any atom is -0.378 e. The van der Waals surface area contributed by atoms with Crippen molar-refractivity contribution in [3.05, 3.63) is 31.8 Å². The van der Waals surface area contributed by atoms with Crippen molar-refractivity contribution in [3.63, 3.8) is 0 Å². The molecule has 1 N–H and O–H groups in total. The van der Waals surface area contributed by atoms with Crippen molar-refractivity contribution in [2.24, 2.45) is 5.92 Å². The van der Waals surface area contributed by atoms with Crippen LogP contribution < -0.4 is 5.32 Å². The monoisotopic (exact) mass is 423 g/mol. The molecule has 2 unspecified atom stereocenters. The van der Waals surface area contributed by atoms with Gasteiger partial charge >= 0.3 is 0 Å². The summed E-state index contributed by atoms with van der Waals surface area (Å²) in [7, 11) is 0. The average molecular weight is 424 g/mol. The van der Waals surface area contributed by atoms with Crippen LogP contribution in [-0.2, 0) is 4.74 Å². The van der Waals surface area contributed by atoms with E-state index >= 15 is 0 Å². The Morgan fingerprint density at radius 2 is 2.39 bits per heavy atom. The molecule has 1 heterocycles. The number of hydrogen-bond acceptors (Lipinski definition) is 2. The highest BCUT2D eigenvalue weighted by molar-refractivity contribution is 14.1. The zero-order valence-electron chi connectivity index (χ0n) is 10.1. The Kier molecular flexibility index (Phi) is 5.03. The Bertz CT molecular complexity index is 453. The maximum absolute atomic E-state index is 12.1. The molecule has 0 saturated carbocycles. The van der Waals surface area contributed by atoms with E-state index in [1.54, 1.807) is 0 Å². The second-order valence-corrected chi connectivity index (χ2v) is 6.54. The molecule has 1 aliphatic heterocycles. The van der Waals surface area contributed by atoms with Gasteiger partial charge in [-0.3, -0.25) is 4.79 Å². The molecular weight excluding hydrogens is 409 g/mol. The lowest BCUT2D eigenvalue weighted by atomic mass is 10.0. The van der Waals surface area contributed by atoms with Crippen LogP contribution in [0.3, 0.4) is 0 Å². The summed E-state index contributed by atoms with van der Waals surface area (Å²) in [6, 6.07) is 5.72. The molecule has 1 amide bonds.